The van der Waals surface area contributed by atoms with Gasteiger partial charge in [-0.2, -0.15) is 4.99 Å². The van der Waals surface area contributed by atoms with Crippen molar-refractivity contribution >= 4 is 11.9 Å². The minimum absolute atomic E-state index is 0.0839. The highest BCUT2D eigenvalue weighted by atomic mass is 16.5. The second-order valence-corrected chi connectivity index (χ2v) is 4.41. The molecule has 6 nitrogen and oxygen atoms in total. The first-order valence-corrected chi connectivity index (χ1v) is 5.92. The molecule has 2 rings (SSSR count). The van der Waals surface area contributed by atoms with E-state index in [0.29, 0.717) is 11.5 Å². The Bertz CT molecular complexity index is 524. The molecule has 1 fully saturated rings. The standard InChI is InChI=1S/C13H17N3O3/c1-18-10-5-3-4-7(11(10)19-2)8-6-9(8)12(17)16-13(14)15/h3-5,8-9H,6H2,1-2H3,(H4,14,15,16,17). The minimum Gasteiger partial charge on any atom is -0.493 e. The van der Waals surface area contributed by atoms with Gasteiger partial charge in [-0.1, -0.05) is 12.1 Å². The molecule has 0 aromatic heterocycles. The third kappa shape index (κ3) is 2.62. The van der Waals surface area contributed by atoms with Gasteiger partial charge in [0.1, 0.15) is 0 Å². The molecule has 1 amide bonds. The molecule has 2 unspecified atom stereocenters. The molecule has 2 atom stereocenters. The highest BCUT2D eigenvalue weighted by molar-refractivity contribution is 5.94. The van der Waals surface area contributed by atoms with Crippen LogP contribution in [0.2, 0.25) is 0 Å². The zero-order chi connectivity index (χ0) is 14.0. The molecule has 1 aromatic rings. The zero-order valence-electron chi connectivity index (χ0n) is 10.9. The average Bonchev–Trinajstić information content (AvgIpc) is 3.17. The van der Waals surface area contributed by atoms with E-state index >= 15 is 0 Å². The van der Waals surface area contributed by atoms with Crippen LogP contribution in [-0.2, 0) is 4.79 Å². The lowest BCUT2D eigenvalue weighted by molar-refractivity contribution is -0.119. The van der Waals surface area contributed by atoms with Crippen LogP contribution in [0.3, 0.4) is 0 Å². The molecule has 6 heteroatoms. The fraction of sp³-hybridized carbons (Fsp3) is 0.385. The van der Waals surface area contributed by atoms with E-state index < -0.39 is 0 Å². The molecule has 0 saturated heterocycles. The van der Waals surface area contributed by atoms with E-state index in [1.54, 1.807) is 14.2 Å². The van der Waals surface area contributed by atoms with Crippen molar-refractivity contribution in [2.24, 2.45) is 22.4 Å². The van der Waals surface area contributed by atoms with Gasteiger partial charge in [0.05, 0.1) is 14.2 Å². The lowest BCUT2D eigenvalue weighted by atomic mass is 10.1. The number of nitrogens with two attached hydrogens (primary N) is 2. The number of hydrogen-bond acceptors (Lipinski definition) is 3. The first-order valence-electron chi connectivity index (χ1n) is 5.92. The van der Waals surface area contributed by atoms with Crippen molar-refractivity contribution in [1.29, 1.82) is 0 Å². The van der Waals surface area contributed by atoms with Gasteiger partial charge < -0.3 is 20.9 Å². The van der Waals surface area contributed by atoms with Gasteiger partial charge in [-0.25, -0.2) is 0 Å². The smallest absolute Gasteiger partial charge is 0.252 e. The number of ether oxygens (including phenoxy) is 2. The Balaban J connectivity index is 2.22. The number of carbonyl (C=O) groups is 1. The second-order valence-electron chi connectivity index (χ2n) is 4.41. The largest absolute Gasteiger partial charge is 0.493 e. The lowest BCUT2D eigenvalue weighted by Crippen LogP contribution is -2.24. The molecular weight excluding hydrogens is 246 g/mol. The monoisotopic (exact) mass is 263 g/mol. The summed E-state index contributed by atoms with van der Waals surface area (Å²) in [7, 11) is 3.16. The minimum atomic E-state index is -0.283. The van der Waals surface area contributed by atoms with Gasteiger partial charge in [0.2, 0.25) is 0 Å². The molecule has 0 aliphatic heterocycles. The highest BCUT2D eigenvalue weighted by Crippen LogP contribution is 2.52. The molecule has 0 heterocycles. The number of benzene rings is 1. The summed E-state index contributed by atoms with van der Waals surface area (Å²) in [5, 5.41) is 0. The molecule has 0 radical (unpaired) electrons. The maximum absolute atomic E-state index is 11.7. The number of para-hydroxylation sites is 1. The summed E-state index contributed by atoms with van der Waals surface area (Å²) in [4.78, 5) is 15.3. The van der Waals surface area contributed by atoms with Crippen LogP contribution < -0.4 is 20.9 Å². The number of nitrogens with zero attached hydrogens (tertiary/aromatic N) is 1. The van der Waals surface area contributed by atoms with Gasteiger partial charge >= 0.3 is 0 Å². The van der Waals surface area contributed by atoms with Crippen LogP contribution >= 0.6 is 0 Å². The maximum atomic E-state index is 11.7. The Morgan fingerprint density at radius 1 is 1.32 bits per heavy atom. The average molecular weight is 263 g/mol. The highest BCUT2D eigenvalue weighted by Gasteiger charge is 2.45. The normalized spacial score (nSPS) is 20.5. The topological polar surface area (TPSA) is 99.9 Å². The van der Waals surface area contributed by atoms with Crippen LogP contribution in [0.1, 0.15) is 17.9 Å². The Hall–Kier alpha value is -2.24. The SMILES string of the molecule is COc1cccc(C2CC2C(=O)N=C(N)N)c1OC. The van der Waals surface area contributed by atoms with E-state index in [2.05, 4.69) is 4.99 Å². The van der Waals surface area contributed by atoms with Gasteiger partial charge in [-0.15, -0.1) is 0 Å². The van der Waals surface area contributed by atoms with Crippen molar-refractivity contribution in [3.63, 3.8) is 0 Å². The van der Waals surface area contributed by atoms with Gasteiger partial charge in [0, 0.05) is 17.4 Å². The van der Waals surface area contributed by atoms with E-state index in [9.17, 15) is 4.79 Å². The number of rotatable bonds is 4. The van der Waals surface area contributed by atoms with Crippen molar-refractivity contribution in [2.45, 2.75) is 12.3 Å². The molecule has 0 spiro atoms. The molecular formula is C13H17N3O3. The Kier molecular flexibility index (Phi) is 3.59. The number of carbonyl (C=O) groups excluding carboxylic acids is 1. The zero-order valence-corrected chi connectivity index (χ0v) is 10.9. The van der Waals surface area contributed by atoms with Gasteiger partial charge in [-0.05, 0) is 12.5 Å². The summed E-state index contributed by atoms with van der Waals surface area (Å²) in [6.45, 7) is 0. The summed E-state index contributed by atoms with van der Waals surface area (Å²) in [6.07, 6.45) is 0.721. The fourth-order valence-corrected chi connectivity index (χ4v) is 2.23. The van der Waals surface area contributed by atoms with Crippen LogP contribution in [0.4, 0.5) is 0 Å². The summed E-state index contributed by atoms with van der Waals surface area (Å²) in [5.41, 5.74) is 11.4. The first kappa shape index (κ1) is 13.2. The Morgan fingerprint density at radius 2 is 2.05 bits per heavy atom. The molecule has 1 aromatic carbocycles. The van der Waals surface area contributed by atoms with Crippen LogP contribution in [0.15, 0.2) is 23.2 Å². The summed E-state index contributed by atoms with van der Waals surface area (Å²) in [5.74, 6) is 0.738. The van der Waals surface area contributed by atoms with Crippen LogP contribution in [0.25, 0.3) is 0 Å². The summed E-state index contributed by atoms with van der Waals surface area (Å²) in [6, 6.07) is 5.61. The van der Waals surface area contributed by atoms with E-state index in [-0.39, 0.29) is 23.7 Å². The molecule has 4 N–H and O–H groups in total. The number of amides is 1. The molecule has 1 aliphatic carbocycles. The van der Waals surface area contributed by atoms with Gasteiger partial charge in [-0.3, -0.25) is 4.79 Å². The van der Waals surface area contributed by atoms with Crippen LogP contribution in [0, 0.1) is 5.92 Å². The number of methoxy groups -OCH3 is 2. The lowest BCUT2D eigenvalue weighted by Gasteiger charge is -2.11. The molecule has 1 saturated carbocycles. The molecule has 102 valence electrons. The first-order chi connectivity index (χ1) is 9.08. The third-order valence-electron chi connectivity index (χ3n) is 3.18. The van der Waals surface area contributed by atoms with Gasteiger partial charge in [0.15, 0.2) is 17.5 Å². The summed E-state index contributed by atoms with van der Waals surface area (Å²) < 4.78 is 10.6. The van der Waals surface area contributed by atoms with E-state index in [1.807, 2.05) is 18.2 Å². The van der Waals surface area contributed by atoms with Crippen molar-refractivity contribution in [3.05, 3.63) is 23.8 Å². The fourth-order valence-electron chi connectivity index (χ4n) is 2.23. The van der Waals surface area contributed by atoms with Crippen molar-refractivity contribution in [2.75, 3.05) is 14.2 Å². The van der Waals surface area contributed by atoms with Crippen molar-refractivity contribution in [3.8, 4) is 11.5 Å². The van der Waals surface area contributed by atoms with E-state index in [1.165, 1.54) is 0 Å². The maximum Gasteiger partial charge on any atom is 0.252 e. The van der Waals surface area contributed by atoms with Crippen molar-refractivity contribution in [1.82, 2.24) is 0 Å². The number of guanidine groups is 1. The quantitative estimate of drug-likeness (QED) is 0.612. The van der Waals surface area contributed by atoms with Crippen LogP contribution in [0.5, 0.6) is 11.5 Å². The van der Waals surface area contributed by atoms with E-state index in [4.69, 9.17) is 20.9 Å². The molecule has 0 bridgehead atoms. The predicted octanol–water partition coefficient (Wildman–Crippen LogP) is 0.607. The summed E-state index contributed by atoms with van der Waals surface area (Å²) >= 11 is 0. The predicted molar refractivity (Wildman–Crippen MR) is 71.2 cm³/mol. The Labute approximate surface area is 111 Å². The van der Waals surface area contributed by atoms with Crippen LogP contribution in [-0.4, -0.2) is 26.1 Å². The number of aliphatic imine (C=N–C) groups is 1. The van der Waals surface area contributed by atoms with Crippen molar-refractivity contribution < 1.29 is 14.3 Å². The van der Waals surface area contributed by atoms with E-state index in [0.717, 1.165) is 12.0 Å². The Morgan fingerprint density at radius 3 is 2.63 bits per heavy atom. The second kappa shape index (κ2) is 5.17. The third-order valence-corrected chi connectivity index (χ3v) is 3.18. The molecule has 19 heavy (non-hydrogen) atoms. The molecule has 1 aliphatic rings. The number of hydrogen-bond donors (Lipinski definition) is 2. The van der Waals surface area contributed by atoms with Gasteiger partial charge in [0.25, 0.3) is 5.91 Å².